The molecule has 1 aromatic heterocycles. The van der Waals surface area contributed by atoms with E-state index in [2.05, 4.69) is 41.6 Å². The Morgan fingerprint density at radius 1 is 1.04 bits per heavy atom. The largest absolute Gasteiger partial charge is 0.465 e. The van der Waals surface area contributed by atoms with Crippen molar-refractivity contribution in [2.75, 3.05) is 6.61 Å². The monoisotopic (exact) mass is 361 g/mol. The zero-order valence-electron chi connectivity index (χ0n) is 15.7. The van der Waals surface area contributed by atoms with Crippen molar-refractivity contribution >= 4 is 5.97 Å². The molecule has 1 aliphatic carbocycles. The van der Waals surface area contributed by atoms with Gasteiger partial charge in [-0.15, -0.1) is 0 Å². The summed E-state index contributed by atoms with van der Waals surface area (Å²) in [6.45, 7) is 4.42. The van der Waals surface area contributed by atoms with E-state index in [9.17, 15) is 4.79 Å². The van der Waals surface area contributed by atoms with E-state index in [-0.39, 0.29) is 5.97 Å². The molecular formula is C23H23NO3. The Bertz CT molecular complexity index is 935. The van der Waals surface area contributed by atoms with Crippen LogP contribution in [0.1, 0.15) is 37.4 Å². The van der Waals surface area contributed by atoms with E-state index in [1.165, 1.54) is 0 Å². The average Bonchev–Trinajstić information content (AvgIpc) is 3.41. The lowest BCUT2D eigenvalue weighted by Crippen LogP contribution is -2.23. The molecule has 4 nitrogen and oxygen atoms in total. The van der Waals surface area contributed by atoms with E-state index < -0.39 is 5.41 Å². The second-order valence-corrected chi connectivity index (χ2v) is 7.21. The van der Waals surface area contributed by atoms with Gasteiger partial charge in [-0.05, 0) is 42.9 Å². The number of hydrogen-bond donors (Lipinski definition) is 0. The third-order valence-electron chi connectivity index (χ3n) is 5.15. The predicted octanol–water partition coefficient (Wildman–Crippen LogP) is 5.30. The normalized spacial score (nSPS) is 14.7. The first-order valence-corrected chi connectivity index (χ1v) is 9.44. The number of carbonyl (C=O) groups excluding carboxylic acids is 1. The quantitative estimate of drug-likeness (QED) is 0.559. The smallest absolute Gasteiger partial charge is 0.316 e. The van der Waals surface area contributed by atoms with E-state index in [0.29, 0.717) is 6.61 Å². The van der Waals surface area contributed by atoms with Gasteiger partial charge in [0.15, 0.2) is 5.76 Å². The Hall–Kier alpha value is -2.88. The maximum atomic E-state index is 12.4. The molecule has 0 saturated heterocycles. The van der Waals surface area contributed by atoms with Crippen LogP contribution in [0.5, 0.6) is 0 Å². The summed E-state index contributed by atoms with van der Waals surface area (Å²) >= 11 is 0. The highest BCUT2D eigenvalue weighted by molar-refractivity contribution is 5.87. The highest BCUT2D eigenvalue weighted by Gasteiger charge is 2.52. The molecule has 2 aromatic carbocycles. The molecule has 4 rings (SSSR count). The van der Waals surface area contributed by atoms with E-state index in [4.69, 9.17) is 9.26 Å². The summed E-state index contributed by atoms with van der Waals surface area (Å²) < 4.78 is 10.7. The van der Waals surface area contributed by atoms with E-state index in [0.717, 1.165) is 53.0 Å². The van der Waals surface area contributed by atoms with Crippen LogP contribution in [0.4, 0.5) is 0 Å². The molecule has 3 aromatic rings. The molecular weight excluding hydrogens is 338 g/mol. The summed E-state index contributed by atoms with van der Waals surface area (Å²) in [7, 11) is 0. The number of nitrogens with zero attached hydrogens (tertiary/aromatic N) is 1. The number of rotatable bonds is 6. The molecule has 0 spiro atoms. The fourth-order valence-corrected chi connectivity index (χ4v) is 3.38. The SMILES string of the molecule is CCCOC(=O)C1(c2ccc(-c3ccc(-c4cc(C)no4)cc3)cc2)CC1. The summed E-state index contributed by atoms with van der Waals surface area (Å²) in [6, 6.07) is 18.4. The van der Waals surface area contributed by atoms with Gasteiger partial charge in [0.2, 0.25) is 0 Å². The minimum absolute atomic E-state index is 0.0798. The number of aromatic nitrogens is 1. The van der Waals surface area contributed by atoms with E-state index in [1.807, 2.05) is 32.0 Å². The summed E-state index contributed by atoms with van der Waals surface area (Å²) in [5, 5.41) is 3.93. The van der Waals surface area contributed by atoms with Gasteiger partial charge >= 0.3 is 5.97 Å². The van der Waals surface area contributed by atoms with Crippen LogP contribution in [0.2, 0.25) is 0 Å². The Kier molecular flexibility index (Phi) is 4.56. The van der Waals surface area contributed by atoms with Crippen molar-refractivity contribution in [3.8, 4) is 22.5 Å². The van der Waals surface area contributed by atoms with E-state index >= 15 is 0 Å². The van der Waals surface area contributed by atoms with Crippen LogP contribution in [0.3, 0.4) is 0 Å². The minimum atomic E-state index is -0.415. The number of hydrogen-bond acceptors (Lipinski definition) is 4. The first kappa shape index (κ1) is 17.5. The first-order chi connectivity index (χ1) is 13.1. The lowest BCUT2D eigenvalue weighted by molar-refractivity contribution is -0.146. The topological polar surface area (TPSA) is 52.3 Å². The third-order valence-corrected chi connectivity index (χ3v) is 5.15. The molecule has 0 N–H and O–H groups in total. The zero-order chi connectivity index (χ0) is 18.9. The summed E-state index contributed by atoms with van der Waals surface area (Å²) in [6.07, 6.45) is 2.60. The van der Waals surface area contributed by atoms with Crippen molar-refractivity contribution < 1.29 is 14.1 Å². The van der Waals surface area contributed by atoms with Gasteiger partial charge in [-0.3, -0.25) is 4.79 Å². The van der Waals surface area contributed by atoms with Crippen LogP contribution < -0.4 is 0 Å². The molecule has 1 heterocycles. The number of carbonyl (C=O) groups is 1. The van der Waals surface area contributed by atoms with Crippen molar-refractivity contribution in [3.05, 3.63) is 65.9 Å². The van der Waals surface area contributed by atoms with Gasteiger partial charge in [0, 0.05) is 11.6 Å². The molecule has 27 heavy (non-hydrogen) atoms. The number of esters is 1. The number of aryl methyl sites for hydroxylation is 1. The van der Waals surface area contributed by atoms with Gasteiger partial charge in [0.25, 0.3) is 0 Å². The van der Waals surface area contributed by atoms with Crippen molar-refractivity contribution in [1.29, 1.82) is 0 Å². The van der Waals surface area contributed by atoms with Gasteiger partial charge < -0.3 is 9.26 Å². The van der Waals surface area contributed by atoms with Gasteiger partial charge in [0.05, 0.1) is 17.7 Å². The molecule has 0 aliphatic heterocycles. The van der Waals surface area contributed by atoms with Crippen LogP contribution in [0, 0.1) is 6.92 Å². The zero-order valence-corrected chi connectivity index (χ0v) is 15.7. The lowest BCUT2D eigenvalue weighted by atomic mass is 9.93. The Morgan fingerprint density at radius 2 is 1.63 bits per heavy atom. The van der Waals surface area contributed by atoms with Crippen LogP contribution in [-0.4, -0.2) is 17.7 Å². The van der Waals surface area contributed by atoms with Crippen LogP contribution in [-0.2, 0) is 14.9 Å². The molecule has 1 fully saturated rings. The molecule has 1 saturated carbocycles. The second-order valence-electron chi connectivity index (χ2n) is 7.21. The standard InChI is InChI=1S/C23H23NO3/c1-3-14-26-22(25)23(12-13-23)20-10-8-18(9-11-20)17-4-6-19(7-5-17)21-15-16(2)24-27-21/h4-11,15H,3,12-14H2,1-2H3. The Balaban J connectivity index is 1.52. The highest BCUT2D eigenvalue weighted by Crippen LogP contribution is 2.49. The molecule has 0 radical (unpaired) electrons. The van der Waals surface area contributed by atoms with Gasteiger partial charge in [-0.25, -0.2) is 0 Å². The molecule has 1 aliphatic rings. The Morgan fingerprint density at radius 3 is 2.15 bits per heavy atom. The maximum Gasteiger partial charge on any atom is 0.316 e. The fourth-order valence-electron chi connectivity index (χ4n) is 3.38. The predicted molar refractivity (Wildman–Crippen MR) is 104 cm³/mol. The number of ether oxygens (including phenoxy) is 1. The van der Waals surface area contributed by atoms with Gasteiger partial charge in [0.1, 0.15) is 0 Å². The summed E-state index contributed by atoms with van der Waals surface area (Å²) in [5.41, 5.74) is 4.77. The van der Waals surface area contributed by atoms with Gasteiger partial charge in [-0.2, -0.15) is 0 Å². The molecule has 138 valence electrons. The molecule has 0 unspecified atom stereocenters. The minimum Gasteiger partial charge on any atom is -0.465 e. The average molecular weight is 361 g/mol. The fraction of sp³-hybridized carbons (Fsp3) is 0.304. The number of benzene rings is 2. The molecule has 0 bridgehead atoms. The van der Waals surface area contributed by atoms with Crippen LogP contribution in [0.15, 0.2) is 59.1 Å². The van der Waals surface area contributed by atoms with Crippen molar-refractivity contribution in [2.45, 2.75) is 38.5 Å². The first-order valence-electron chi connectivity index (χ1n) is 9.44. The van der Waals surface area contributed by atoms with E-state index in [1.54, 1.807) is 0 Å². The van der Waals surface area contributed by atoms with Crippen LogP contribution in [0.25, 0.3) is 22.5 Å². The molecule has 0 amide bonds. The van der Waals surface area contributed by atoms with Gasteiger partial charge in [-0.1, -0.05) is 60.6 Å². The van der Waals surface area contributed by atoms with Crippen LogP contribution >= 0.6 is 0 Å². The summed E-state index contributed by atoms with van der Waals surface area (Å²) in [5.74, 6) is 0.694. The second kappa shape index (κ2) is 7.03. The van der Waals surface area contributed by atoms with Crippen molar-refractivity contribution in [2.24, 2.45) is 0 Å². The molecule has 4 heteroatoms. The maximum absolute atomic E-state index is 12.4. The molecule has 0 atom stereocenters. The van der Waals surface area contributed by atoms with Crippen molar-refractivity contribution in [1.82, 2.24) is 5.16 Å². The summed E-state index contributed by atoms with van der Waals surface area (Å²) in [4.78, 5) is 12.4. The lowest BCUT2D eigenvalue weighted by Gasteiger charge is -2.15. The van der Waals surface area contributed by atoms with Crippen molar-refractivity contribution in [3.63, 3.8) is 0 Å². The highest BCUT2D eigenvalue weighted by atomic mass is 16.5. The third kappa shape index (κ3) is 3.39. The Labute approximate surface area is 159 Å².